The average Bonchev–Trinajstić information content (AvgIpc) is 3.14. The number of benzene rings is 1. The smallest absolute Gasteiger partial charge is 0.341 e. The lowest BCUT2D eigenvalue weighted by Crippen LogP contribution is -2.33. The molecule has 1 aliphatic heterocycles. The van der Waals surface area contributed by atoms with Gasteiger partial charge in [0.2, 0.25) is 15.9 Å². The minimum Gasteiger partial charge on any atom is -0.465 e. The van der Waals surface area contributed by atoms with E-state index in [2.05, 4.69) is 5.32 Å². The molecule has 0 unspecified atom stereocenters. The van der Waals surface area contributed by atoms with Crippen molar-refractivity contribution in [2.24, 2.45) is 0 Å². The minimum absolute atomic E-state index is 0.0580. The van der Waals surface area contributed by atoms with Crippen LogP contribution in [0.5, 0.6) is 0 Å². The topological polar surface area (TPSA) is 113 Å². The third-order valence-electron chi connectivity index (χ3n) is 5.64. The zero-order valence-corrected chi connectivity index (χ0v) is 20.8. The maximum Gasteiger partial charge on any atom is 0.341 e. The molecule has 1 aromatic carbocycles. The van der Waals surface area contributed by atoms with Crippen molar-refractivity contribution in [3.05, 3.63) is 45.8 Å². The Bertz CT molecular complexity index is 1190. The first-order chi connectivity index (χ1) is 15.5. The van der Waals surface area contributed by atoms with Crippen LogP contribution in [0.3, 0.4) is 0 Å². The normalized spacial score (nSPS) is 13.7. The molecule has 0 radical (unpaired) electrons. The van der Waals surface area contributed by atoms with E-state index in [0.717, 1.165) is 10.4 Å². The predicted octanol–water partition coefficient (Wildman–Crippen LogP) is 2.72. The van der Waals surface area contributed by atoms with Crippen LogP contribution in [0.4, 0.5) is 5.00 Å². The van der Waals surface area contributed by atoms with Crippen molar-refractivity contribution in [3.8, 4) is 0 Å². The lowest BCUT2D eigenvalue weighted by atomic mass is 10.0. The first-order valence-corrected chi connectivity index (χ1v) is 12.6. The zero-order valence-electron chi connectivity index (χ0n) is 19.2. The van der Waals surface area contributed by atoms with Gasteiger partial charge < -0.3 is 15.0 Å². The lowest BCUT2D eigenvalue weighted by molar-refractivity contribution is -0.129. The summed E-state index contributed by atoms with van der Waals surface area (Å²) in [6.07, 6.45) is 0.488. The van der Waals surface area contributed by atoms with Gasteiger partial charge >= 0.3 is 5.97 Å². The Morgan fingerprint density at radius 1 is 1.18 bits per heavy atom. The van der Waals surface area contributed by atoms with Crippen LogP contribution in [0.1, 0.15) is 51.9 Å². The second kappa shape index (κ2) is 9.62. The van der Waals surface area contributed by atoms with Crippen LogP contribution < -0.4 is 5.32 Å². The molecular formula is C22H27N3O6S2. The number of ether oxygens (including phenoxy) is 1. The van der Waals surface area contributed by atoms with Crippen LogP contribution in [0, 0.1) is 0 Å². The molecule has 0 saturated heterocycles. The number of nitrogens with zero attached hydrogens (tertiary/aromatic N) is 2. The lowest BCUT2D eigenvalue weighted by Gasteiger charge is -2.25. The van der Waals surface area contributed by atoms with Crippen molar-refractivity contribution < 1.29 is 27.5 Å². The van der Waals surface area contributed by atoms with Crippen molar-refractivity contribution in [2.45, 2.75) is 44.7 Å². The molecule has 0 aliphatic carbocycles. The molecular weight excluding hydrogens is 466 g/mol. The Morgan fingerprint density at radius 3 is 2.36 bits per heavy atom. The molecule has 3 rings (SSSR count). The molecule has 1 N–H and O–H groups in total. The number of anilines is 1. The van der Waals surface area contributed by atoms with E-state index in [0.29, 0.717) is 30.1 Å². The van der Waals surface area contributed by atoms with E-state index in [1.165, 1.54) is 61.0 Å². The number of thiophene rings is 1. The summed E-state index contributed by atoms with van der Waals surface area (Å²) in [6, 6.07) is 5.42. The number of carbonyl (C=O) groups excluding carboxylic acids is 3. The first-order valence-electron chi connectivity index (χ1n) is 10.3. The Balaban J connectivity index is 1.87. The van der Waals surface area contributed by atoms with Gasteiger partial charge in [0.05, 0.1) is 24.1 Å². The van der Waals surface area contributed by atoms with Gasteiger partial charge in [0.25, 0.3) is 5.91 Å². The summed E-state index contributed by atoms with van der Waals surface area (Å²) in [5.41, 5.74) is 1.32. The second-order valence-electron chi connectivity index (χ2n) is 7.98. The third-order valence-corrected chi connectivity index (χ3v) is 8.82. The quantitative estimate of drug-likeness (QED) is 0.619. The summed E-state index contributed by atoms with van der Waals surface area (Å²) in [6.45, 7) is 5.89. The molecule has 178 valence electrons. The van der Waals surface area contributed by atoms with Crippen LogP contribution in [-0.2, 0) is 32.5 Å². The molecule has 0 spiro atoms. The Hall–Kier alpha value is -2.76. The van der Waals surface area contributed by atoms with Gasteiger partial charge in [0.1, 0.15) is 5.00 Å². The molecule has 2 aromatic rings. The van der Waals surface area contributed by atoms with Crippen LogP contribution >= 0.6 is 11.3 Å². The second-order valence-corrected chi connectivity index (χ2v) is 11.1. The van der Waals surface area contributed by atoms with Crippen LogP contribution in [-0.4, -0.2) is 62.2 Å². The highest BCUT2D eigenvalue weighted by atomic mass is 32.2. The molecule has 0 bridgehead atoms. The van der Waals surface area contributed by atoms with Gasteiger partial charge in [-0.3, -0.25) is 9.59 Å². The molecule has 11 heteroatoms. The summed E-state index contributed by atoms with van der Waals surface area (Å²) in [4.78, 5) is 39.7. The number of methoxy groups -OCH3 is 1. The van der Waals surface area contributed by atoms with Crippen molar-refractivity contribution in [2.75, 3.05) is 26.0 Å². The average molecular weight is 494 g/mol. The number of hydrogen-bond acceptors (Lipinski definition) is 7. The van der Waals surface area contributed by atoms with Crippen LogP contribution in [0.2, 0.25) is 0 Å². The van der Waals surface area contributed by atoms with Gasteiger partial charge in [0.15, 0.2) is 0 Å². The number of esters is 1. The summed E-state index contributed by atoms with van der Waals surface area (Å²) >= 11 is 1.24. The maximum absolute atomic E-state index is 12.9. The summed E-state index contributed by atoms with van der Waals surface area (Å²) in [7, 11) is -0.890. The highest BCUT2D eigenvalue weighted by Crippen LogP contribution is 2.38. The molecule has 0 saturated carbocycles. The van der Waals surface area contributed by atoms with E-state index in [4.69, 9.17) is 4.74 Å². The van der Waals surface area contributed by atoms with E-state index in [9.17, 15) is 22.8 Å². The standard InChI is InChI=1S/C22H27N3O6S2/c1-13(2)24(4)33(29,30)16-8-6-15(7-9-16)20(27)23-21-19(22(28)31-5)17-10-11-25(14(3)26)12-18(17)32-21/h6-9,13H,10-12H2,1-5H3,(H,23,27). The summed E-state index contributed by atoms with van der Waals surface area (Å²) in [5, 5.41) is 3.10. The first kappa shape index (κ1) is 24.9. The Labute approximate surface area is 197 Å². The van der Waals surface area contributed by atoms with Crippen molar-refractivity contribution in [3.63, 3.8) is 0 Å². The number of carbonyl (C=O) groups is 3. The van der Waals surface area contributed by atoms with E-state index >= 15 is 0 Å². The minimum atomic E-state index is -3.67. The molecule has 1 aliphatic rings. The molecule has 33 heavy (non-hydrogen) atoms. The zero-order chi connectivity index (χ0) is 24.5. The fraction of sp³-hybridized carbons (Fsp3) is 0.409. The number of sulfonamides is 1. The monoisotopic (exact) mass is 493 g/mol. The number of fused-ring (bicyclic) bond motifs is 1. The molecule has 0 atom stereocenters. The van der Waals surface area contributed by atoms with Gasteiger partial charge in [0, 0.05) is 37.0 Å². The van der Waals surface area contributed by atoms with E-state index in [1.807, 2.05) is 0 Å². The van der Waals surface area contributed by atoms with E-state index in [1.54, 1.807) is 18.7 Å². The Kier molecular flexibility index (Phi) is 7.25. The fourth-order valence-electron chi connectivity index (χ4n) is 3.48. The van der Waals surface area contributed by atoms with Gasteiger partial charge in [-0.2, -0.15) is 4.31 Å². The summed E-state index contributed by atoms with van der Waals surface area (Å²) < 4.78 is 31.4. The number of amides is 2. The largest absolute Gasteiger partial charge is 0.465 e. The number of hydrogen-bond donors (Lipinski definition) is 1. The highest BCUT2D eigenvalue weighted by Gasteiger charge is 2.30. The van der Waals surface area contributed by atoms with Crippen molar-refractivity contribution >= 4 is 44.1 Å². The number of rotatable bonds is 6. The summed E-state index contributed by atoms with van der Waals surface area (Å²) in [5.74, 6) is -1.10. The molecule has 1 aromatic heterocycles. The highest BCUT2D eigenvalue weighted by molar-refractivity contribution is 7.89. The molecule has 2 amide bonds. The molecule has 9 nitrogen and oxygen atoms in total. The van der Waals surface area contributed by atoms with Crippen LogP contribution in [0.15, 0.2) is 29.2 Å². The van der Waals surface area contributed by atoms with E-state index < -0.39 is 21.9 Å². The van der Waals surface area contributed by atoms with Gasteiger partial charge in [-0.1, -0.05) is 0 Å². The van der Waals surface area contributed by atoms with Crippen LogP contribution in [0.25, 0.3) is 0 Å². The predicted molar refractivity (Wildman–Crippen MR) is 125 cm³/mol. The van der Waals surface area contributed by atoms with Gasteiger partial charge in [-0.05, 0) is 50.1 Å². The fourth-order valence-corrected chi connectivity index (χ4v) is 6.09. The molecule has 2 heterocycles. The molecule has 0 fully saturated rings. The maximum atomic E-state index is 12.9. The third kappa shape index (κ3) is 4.94. The van der Waals surface area contributed by atoms with Gasteiger partial charge in [-0.25, -0.2) is 13.2 Å². The SMILES string of the molecule is COC(=O)c1c(NC(=O)c2ccc(S(=O)(=O)N(C)C(C)C)cc2)sc2c1CCN(C(C)=O)C2. The van der Waals surface area contributed by atoms with Gasteiger partial charge in [-0.15, -0.1) is 11.3 Å². The van der Waals surface area contributed by atoms with Crippen molar-refractivity contribution in [1.82, 2.24) is 9.21 Å². The van der Waals surface area contributed by atoms with Crippen molar-refractivity contribution in [1.29, 1.82) is 0 Å². The van der Waals surface area contributed by atoms with E-state index in [-0.39, 0.29) is 22.4 Å². The number of nitrogens with one attached hydrogen (secondary N) is 1. The Morgan fingerprint density at radius 2 is 1.82 bits per heavy atom.